The summed E-state index contributed by atoms with van der Waals surface area (Å²) in [6.45, 7) is 3.98. The van der Waals surface area contributed by atoms with Crippen molar-refractivity contribution < 1.29 is 9.53 Å². The number of nitrogens with one attached hydrogen (secondary N) is 1. The van der Waals surface area contributed by atoms with Gasteiger partial charge in [-0.05, 0) is 56.3 Å². The third-order valence-electron chi connectivity index (χ3n) is 3.33. The second-order valence-electron chi connectivity index (χ2n) is 5.69. The van der Waals surface area contributed by atoms with Crippen LogP contribution in [0.3, 0.4) is 0 Å². The highest BCUT2D eigenvalue weighted by molar-refractivity contribution is 7.14. The quantitative estimate of drug-likeness (QED) is 0.643. The van der Waals surface area contributed by atoms with E-state index in [0.29, 0.717) is 15.7 Å². The third kappa shape index (κ3) is 4.59. The molecule has 0 atom stereocenters. The number of nitrogens with zero attached hydrogens (tertiary/aromatic N) is 1. The van der Waals surface area contributed by atoms with E-state index in [0.717, 1.165) is 17.0 Å². The fourth-order valence-corrected chi connectivity index (χ4v) is 3.14. The first kappa shape index (κ1) is 17.5. The fraction of sp³-hybridized carbons (Fsp3) is 0.158. The van der Waals surface area contributed by atoms with Crippen molar-refractivity contribution >= 4 is 34.0 Å². The van der Waals surface area contributed by atoms with Gasteiger partial charge in [-0.25, -0.2) is 4.98 Å². The van der Waals surface area contributed by atoms with Crippen LogP contribution in [0, 0.1) is 0 Å². The molecule has 1 heterocycles. The molecule has 0 saturated heterocycles. The van der Waals surface area contributed by atoms with Gasteiger partial charge in [-0.2, -0.15) is 0 Å². The highest BCUT2D eigenvalue weighted by atomic mass is 35.5. The molecule has 6 heteroatoms. The van der Waals surface area contributed by atoms with Crippen LogP contribution in [0.5, 0.6) is 5.75 Å². The minimum absolute atomic E-state index is 0.137. The molecular formula is C19H17ClN2O2S. The number of carbonyl (C=O) groups is 1. The number of rotatable bonds is 5. The van der Waals surface area contributed by atoms with Crippen LogP contribution >= 0.6 is 22.9 Å². The van der Waals surface area contributed by atoms with E-state index in [2.05, 4.69) is 10.3 Å². The molecule has 0 unspecified atom stereocenters. The monoisotopic (exact) mass is 372 g/mol. The molecule has 0 saturated carbocycles. The number of hydrogen-bond donors (Lipinski definition) is 1. The van der Waals surface area contributed by atoms with E-state index in [9.17, 15) is 4.79 Å². The van der Waals surface area contributed by atoms with Gasteiger partial charge in [0.15, 0.2) is 5.13 Å². The van der Waals surface area contributed by atoms with Gasteiger partial charge in [0.1, 0.15) is 5.75 Å². The van der Waals surface area contributed by atoms with Crippen LogP contribution < -0.4 is 10.1 Å². The zero-order valence-corrected chi connectivity index (χ0v) is 15.4. The average Bonchev–Trinajstić information content (AvgIpc) is 3.03. The van der Waals surface area contributed by atoms with Crippen molar-refractivity contribution in [1.29, 1.82) is 0 Å². The third-order valence-corrected chi connectivity index (χ3v) is 4.33. The maximum absolute atomic E-state index is 12.2. The topological polar surface area (TPSA) is 51.2 Å². The minimum Gasteiger partial charge on any atom is -0.491 e. The molecule has 1 aromatic heterocycles. The van der Waals surface area contributed by atoms with Crippen molar-refractivity contribution in [2.24, 2.45) is 0 Å². The number of halogens is 1. The molecule has 0 bridgehead atoms. The van der Waals surface area contributed by atoms with Gasteiger partial charge in [-0.1, -0.05) is 17.7 Å². The predicted molar refractivity (Wildman–Crippen MR) is 103 cm³/mol. The van der Waals surface area contributed by atoms with Gasteiger partial charge in [-0.3, -0.25) is 10.1 Å². The Balaban J connectivity index is 1.71. The predicted octanol–water partition coefficient (Wildman–Crippen LogP) is 5.50. The van der Waals surface area contributed by atoms with E-state index >= 15 is 0 Å². The van der Waals surface area contributed by atoms with Crippen molar-refractivity contribution in [1.82, 2.24) is 4.98 Å². The lowest BCUT2D eigenvalue weighted by atomic mass is 10.2. The molecular weight excluding hydrogens is 356 g/mol. The summed E-state index contributed by atoms with van der Waals surface area (Å²) in [7, 11) is 0. The summed E-state index contributed by atoms with van der Waals surface area (Å²) in [6.07, 6.45) is 0.137. The Labute approximate surface area is 155 Å². The summed E-state index contributed by atoms with van der Waals surface area (Å²) < 4.78 is 5.64. The molecule has 0 spiro atoms. The van der Waals surface area contributed by atoms with Gasteiger partial charge < -0.3 is 4.74 Å². The number of benzene rings is 2. The van der Waals surface area contributed by atoms with Gasteiger partial charge in [0.05, 0.1) is 11.8 Å². The van der Waals surface area contributed by atoms with Crippen molar-refractivity contribution in [2.45, 2.75) is 20.0 Å². The van der Waals surface area contributed by atoms with E-state index in [1.54, 1.807) is 24.3 Å². The number of thiazole rings is 1. The van der Waals surface area contributed by atoms with E-state index in [1.807, 2.05) is 43.5 Å². The van der Waals surface area contributed by atoms with Gasteiger partial charge in [0.2, 0.25) is 0 Å². The minimum atomic E-state index is -0.232. The van der Waals surface area contributed by atoms with Crippen LogP contribution in [0.2, 0.25) is 5.02 Å². The zero-order chi connectivity index (χ0) is 17.8. The highest BCUT2D eigenvalue weighted by Gasteiger charge is 2.10. The fourth-order valence-electron chi connectivity index (χ4n) is 2.24. The summed E-state index contributed by atoms with van der Waals surface area (Å²) in [5, 5.41) is 5.78. The Hall–Kier alpha value is -2.37. The van der Waals surface area contributed by atoms with Gasteiger partial charge in [-0.15, -0.1) is 11.3 Å². The summed E-state index contributed by atoms with van der Waals surface area (Å²) in [5.74, 6) is 0.590. The molecule has 0 aliphatic heterocycles. The smallest absolute Gasteiger partial charge is 0.257 e. The molecule has 128 valence electrons. The molecule has 0 aliphatic carbocycles. The van der Waals surface area contributed by atoms with Crippen LogP contribution in [0.4, 0.5) is 5.13 Å². The molecule has 4 nitrogen and oxygen atoms in total. The summed E-state index contributed by atoms with van der Waals surface area (Å²) in [5.41, 5.74) is 2.28. The summed E-state index contributed by atoms with van der Waals surface area (Å²) in [4.78, 5) is 16.7. The second kappa shape index (κ2) is 7.68. The van der Waals surface area contributed by atoms with Crippen LogP contribution in [0.15, 0.2) is 53.9 Å². The molecule has 25 heavy (non-hydrogen) atoms. The van der Waals surface area contributed by atoms with E-state index < -0.39 is 0 Å². The summed E-state index contributed by atoms with van der Waals surface area (Å²) in [6, 6.07) is 14.5. The zero-order valence-electron chi connectivity index (χ0n) is 13.8. The molecule has 0 fully saturated rings. The van der Waals surface area contributed by atoms with E-state index in [1.165, 1.54) is 11.3 Å². The molecule has 1 amide bonds. The van der Waals surface area contributed by atoms with Crippen LogP contribution in [0.25, 0.3) is 11.3 Å². The molecule has 3 aromatic rings. The number of carbonyl (C=O) groups excluding carboxylic acids is 1. The number of anilines is 1. The van der Waals surface area contributed by atoms with Gasteiger partial charge in [0.25, 0.3) is 5.91 Å². The van der Waals surface area contributed by atoms with E-state index in [-0.39, 0.29) is 12.0 Å². The number of ether oxygens (including phenoxy) is 1. The maximum Gasteiger partial charge on any atom is 0.257 e. The largest absolute Gasteiger partial charge is 0.491 e. The maximum atomic E-state index is 12.2. The molecule has 2 aromatic carbocycles. The van der Waals surface area contributed by atoms with Crippen molar-refractivity contribution in [3.63, 3.8) is 0 Å². The first-order chi connectivity index (χ1) is 12.0. The SMILES string of the molecule is CC(C)Oc1ccc(-c2csc(NC(=O)c3cccc(Cl)c3)n2)cc1. The Morgan fingerprint density at radius 2 is 1.96 bits per heavy atom. The highest BCUT2D eigenvalue weighted by Crippen LogP contribution is 2.27. The molecule has 0 aliphatic rings. The molecule has 0 radical (unpaired) electrons. The van der Waals surface area contributed by atoms with Crippen LogP contribution in [0.1, 0.15) is 24.2 Å². The number of amides is 1. The molecule has 1 N–H and O–H groups in total. The van der Waals surface area contributed by atoms with Crippen molar-refractivity contribution in [3.8, 4) is 17.0 Å². The van der Waals surface area contributed by atoms with E-state index in [4.69, 9.17) is 16.3 Å². The van der Waals surface area contributed by atoms with Crippen molar-refractivity contribution in [3.05, 3.63) is 64.5 Å². The first-order valence-electron chi connectivity index (χ1n) is 7.81. The lowest BCUT2D eigenvalue weighted by Crippen LogP contribution is -2.11. The van der Waals surface area contributed by atoms with Crippen LogP contribution in [-0.2, 0) is 0 Å². The van der Waals surface area contributed by atoms with Crippen LogP contribution in [-0.4, -0.2) is 17.0 Å². The Morgan fingerprint density at radius 3 is 2.64 bits per heavy atom. The Bertz CT molecular complexity index is 875. The number of aromatic nitrogens is 1. The second-order valence-corrected chi connectivity index (χ2v) is 6.99. The lowest BCUT2D eigenvalue weighted by Gasteiger charge is -2.09. The first-order valence-corrected chi connectivity index (χ1v) is 9.06. The standard InChI is InChI=1S/C19H17ClN2O2S/c1-12(2)24-16-8-6-13(7-9-16)17-11-25-19(21-17)22-18(23)14-4-3-5-15(20)10-14/h3-12H,1-2H3,(H,21,22,23). The lowest BCUT2D eigenvalue weighted by molar-refractivity contribution is 0.102. The Kier molecular flexibility index (Phi) is 5.36. The average molecular weight is 373 g/mol. The normalized spacial score (nSPS) is 10.7. The Morgan fingerprint density at radius 1 is 1.20 bits per heavy atom. The van der Waals surface area contributed by atoms with Gasteiger partial charge >= 0.3 is 0 Å². The number of hydrogen-bond acceptors (Lipinski definition) is 4. The van der Waals surface area contributed by atoms with Crippen molar-refractivity contribution in [2.75, 3.05) is 5.32 Å². The summed E-state index contributed by atoms with van der Waals surface area (Å²) >= 11 is 7.30. The molecule has 3 rings (SSSR count). The van der Waals surface area contributed by atoms with Gasteiger partial charge in [0, 0.05) is 21.5 Å².